The summed E-state index contributed by atoms with van der Waals surface area (Å²) in [5, 5.41) is 51.8. The molecule has 0 saturated heterocycles. The first-order valence-electron chi connectivity index (χ1n) is 8.68. The molecular formula is C20H18O7. The molecule has 0 bridgehead atoms. The van der Waals surface area contributed by atoms with E-state index in [1.165, 1.54) is 6.07 Å². The fourth-order valence-electron chi connectivity index (χ4n) is 4.19. The molecule has 2 aliphatic rings. The van der Waals surface area contributed by atoms with E-state index < -0.39 is 41.0 Å². The number of rotatable bonds is 1. The topological polar surface area (TPSA) is 135 Å². The molecular weight excluding hydrogens is 352 g/mol. The van der Waals surface area contributed by atoms with Gasteiger partial charge in [-0.25, -0.2) is 0 Å². The Hall–Kier alpha value is -2.90. The third-order valence-corrected chi connectivity index (χ3v) is 5.61. The van der Waals surface area contributed by atoms with E-state index in [9.17, 15) is 35.1 Å². The van der Waals surface area contributed by atoms with E-state index in [-0.39, 0.29) is 45.7 Å². The summed E-state index contributed by atoms with van der Waals surface area (Å²) < 4.78 is 0. The maximum absolute atomic E-state index is 12.9. The van der Waals surface area contributed by atoms with Crippen molar-refractivity contribution in [3.63, 3.8) is 0 Å². The number of ketones is 2. The summed E-state index contributed by atoms with van der Waals surface area (Å²) >= 11 is 0. The molecule has 0 heterocycles. The molecule has 2 aromatic rings. The predicted octanol–water partition coefficient (Wildman–Crippen LogP) is 2.08. The average molecular weight is 370 g/mol. The Balaban J connectivity index is 2.03. The van der Waals surface area contributed by atoms with Crippen LogP contribution >= 0.6 is 0 Å². The Kier molecular flexibility index (Phi) is 3.76. The average Bonchev–Trinajstić information content (AvgIpc) is 2.63. The molecule has 2 aliphatic carbocycles. The van der Waals surface area contributed by atoms with Crippen molar-refractivity contribution < 1.29 is 35.1 Å². The van der Waals surface area contributed by atoms with E-state index in [1.807, 2.05) is 6.92 Å². The molecule has 0 fully saturated rings. The second-order valence-corrected chi connectivity index (χ2v) is 7.03. The van der Waals surface area contributed by atoms with Crippen molar-refractivity contribution in [3.8, 4) is 17.2 Å². The van der Waals surface area contributed by atoms with Gasteiger partial charge in [0.2, 0.25) is 5.78 Å². The summed E-state index contributed by atoms with van der Waals surface area (Å²) in [6.07, 6.45) is -1.31. The lowest BCUT2D eigenvalue weighted by atomic mass is 9.73. The summed E-state index contributed by atoms with van der Waals surface area (Å²) in [7, 11) is 0. The van der Waals surface area contributed by atoms with Crippen molar-refractivity contribution in [1.82, 2.24) is 0 Å². The van der Waals surface area contributed by atoms with E-state index in [2.05, 4.69) is 0 Å². The van der Waals surface area contributed by atoms with Gasteiger partial charge < -0.3 is 25.5 Å². The van der Waals surface area contributed by atoms with Crippen LogP contribution in [0.2, 0.25) is 0 Å². The van der Waals surface area contributed by atoms with Gasteiger partial charge in [0.1, 0.15) is 17.2 Å². The first kappa shape index (κ1) is 17.5. The number of aliphatic hydroxyl groups is 2. The predicted molar refractivity (Wildman–Crippen MR) is 93.1 cm³/mol. The Labute approximate surface area is 154 Å². The van der Waals surface area contributed by atoms with Crippen molar-refractivity contribution >= 4 is 11.6 Å². The summed E-state index contributed by atoms with van der Waals surface area (Å²) in [5.74, 6) is -3.36. The zero-order valence-electron chi connectivity index (χ0n) is 14.4. The highest BCUT2D eigenvalue weighted by molar-refractivity contribution is 6.31. The Morgan fingerprint density at radius 3 is 2.15 bits per heavy atom. The molecule has 4 rings (SSSR count). The van der Waals surface area contributed by atoms with Crippen LogP contribution in [0.3, 0.4) is 0 Å². The molecule has 3 unspecified atom stereocenters. The fourth-order valence-corrected chi connectivity index (χ4v) is 4.19. The highest BCUT2D eigenvalue weighted by Gasteiger charge is 2.42. The SMILES string of the molecule is CCC1CC(O)c2c(cc3c(c2O)C(=O)c2c(O)ccc(O)c2C3=O)C1O. The van der Waals surface area contributed by atoms with E-state index in [4.69, 9.17) is 0 Å². The summed E-state index contributed by atoms with van der Waals surface area (Å²) in [4.78, 5) is 25.8. The number of phenols is 3. The van der Waals surface area contributed by atoms with Crippen LogP contribution in [0.25, 0.3) is 0 Å². The molecule has 27 heavy (non-hydrogen) atoms. The summed E-state index contributed by atoms with van der Waals surface area (Å²) in [6, 6.07) is 3.49. The number of carbonyl (C=O) groups excluding carboxylic acids is 2. The minimum absolute atomic E-state index is 0.0233. The number of fused-ring (bicyclic) bond motifs is 3. The van der Waals surface area contributed by atoms with E-state index in [0.717, 1.165) is 12.1 Å². The molecule has 3 atom stereocenters. The quantitative estimate of drug-likeness (QED) is 0.414. The Morgan fingerprint density at radius 2 is 1.56 bits per heavy atom. The van der Waals surface area contributed by atoms with E-state index in [1.54, 1.807) is 0 Å². The van der Waals surface area contributed by atoms with Crippen molar-refractivity contribution in [2.75, 3.05) is 0 Å². The molecule has 7 heteroatoms. The molecule has 0 aliphatic heterocycles. The van der Waals surface area contributed by atoms with Gasteiger partial charge in [0, 0.05) is 11.1 Å². The van der Waals surface area contributed by atoms with Gasteiger partial charge in [0.05, 0.1) is 28.9 Å². The molecule has 0 amide bonds. The van der Waals surface area contributed by atoms with Crippen LogP contribution in [0.4, 0.5) is 0 Å². The van der Waals surface area contributed by atoms with Crippen LogP contribution in [0.1, 0.15) is 74.9 Å². The number of phenolic OH excluding ortho intramolecular Hbond substituents is 3. The number of carbonyl (C=O) groups is 2. The van der Waals surface area contributed by atoms with Crippen LogP contribution in [0.15, 0.2) is 18.2 Å². The van der Waals surface area contributed by atoms with Crippen LogP contribution in [0, 0.1) is 5.92 Å². The van der Waals surface area contributed by atoms with Gasteiger partial charge in [-0.3, -0.25) is 9.59 Å². The Bertz CT molecular complexity index is 1010. The molecule has 0 saturated carbocycles. The van der Waals surface area contributed by atoms with Crippen molar-refractivity contribution in [3.05, 3.63) is 51.6 Å². The second kappa shape index (κ2) is 5.80. The van der Waals surface area contributed by atoms with Crippen LogP contribution in [0.5, 0.6) is 17.2 Å². The zero-order chi connectivity index (χ0) is 19.6. The fraction of sp³-hybridized carbons (Fsp3) is 0.300. The van der Waals surface area contributed by atoms with Gasteiger partial charge in [-0.2, -0.15) is 0 Å². The van der Waals surface area contributed by atoms with Crippen LogP contribution < -0.4 is 0 Å². The number of benzene rings is 2. The van der Waals surface area contributed by atoms with Gasteiger partial charge in [-0.05, 0) is 36.1 Å². The highest BCUT2D eigenvalue weighted by atomic mass is 16.3. The number of aromatic hydroxyl groups is 3. The molecule has 0 aromatic heterocycles. The van der Waals surface area contributed by atoms with Crippen molar-refractivity contribution in [1.29, 1.82) is 0 Å². The molecule has 0 spiro atoms. The molecule has 140 valence electrons. The molecule has 0 radical (unpaired) electrons. The van der Waals surface area contributed by atoms with E-state index in [0.29, 0.717) is 6.42 Å². The molecule has 2 aromatic carbocycles. The lowest BCUT2D eigenvalue weighted by Crippen LogP contribution is -2.28. The van der Waals surface area contributed by atoms with Crippen LogP contribution in [-0.4, -0.2) is 37.1 Å². The minimum Gasteiger partial charge on any atom is -0.507 e. The largest absolute Gasteiger partial charge is 0.507 e. The van der Waals surface area contributed by atoms with Gasteiger partial charge in [0.15, 0.2) is 5.78 Å². The number of hydrogen-bond acceptors (Lipinski definition) is 7. The van der Waals surface area contributed by atoms with Crippen LogP contribution in [-0.2, 0) is 0 Å². The third-order valence-electron chi connectivity index (χ3n) is 5.61. The normalized spacial score (nSPS) is 23.6. The lowest BCUT2D eigenvalue weighted by molar-refractivity contribution is 0.0352. The maximum atomic E-state index is 12.9. The lowest BCUT2D eigenvalue weighted by Gasteiger charge is -2.34. The first-order chi connectivity index (χ1) is 12.8. The van der Waals surface area contributed by atoms with Gasteiger partial charge in [-0.15, -0.1) is 0 Å². The maximum Gasteiger partial charge on any atom is 0.202 e. The third kappa shape index (κ3) is 2.22. The van der Waals surface area contributed by atoms with Crippen molar-refractivity contribution in [2.24, 2.45) is 5.92 Å². The van der Waals surface area contributed by atoms with Gasteiger partial charge in [-0.1, -0.05) is 13.3 Å². The minimum atomic E-state index is -1.10. The standard InChI is InChI=1S/C20H18O7/c1-2-7-5-12(23)13-8(17(7)24)6-9-14(19(13)26)20(27)16-11(22)4-3-10(21)15(16)18(9)25/h3-4,6-7,12,17,21-24,26H,2,5H2,1H3. The van der Waals surface area contributed by atoms with Gasteiger partial charge in [0.25, 0.3) is 0 Å². The smallest absolute Gasteiger partial charge is 0.202 e. The molecule has 7 nitrogen and oxygen atoms in total. The van der Waals surface area contributed by atoms with Crippen molar-refractivity contribution in [2.45, 2.75) is 32.0 Å². The number of aliphatic hydroxyl groups excluding tert-OH is 2. The zero-order valence-corrected chi connectivity index (χ0v) is 14.4. The Morgan fingerprint density at radius 1 is 0.963 bits per heavy atom. The summed E-state index contributed by atoms with van der Waals surface area (Å²) in [5.41, 5.74) is -1.03. The highest BCUT2D eigenvalue weighted by Crippen LogP contribution is 2.49. The molecule has 5 N–H and O–H groups in total. The van der Waals surface area contributed by atoms with E-state index >= 15 is 0 Å². The second-order valence-electron chi connectivity index (χ2n) is 7.03. The number of hydrogen-bond donors (Lipinski definition) is 5. The summed E-state index contributed by atoms with van der Waals surface area (Å²) in [6.45, 7) is 1.86. The first-order valence-corrected chi connectivity index (χ1v) is 8.68. The monoisotopic (exact) mass is 370 g/mol. The van der Waals surface area contributed by atoms with Gasteiger partial charge >= 0.3 is 0 Å².